The summed E-state index contributed by atoms with van der Waals surface area (Å²) in [5.74, 6) is 2.26. The Labute approximate surface area is 110 Å². The molecule has 6 heteroatoms. The lowest BCUT2D eigenvalue weighted by atomic mass is 10.1. The maximum absolute atomic E-state index is 5.26. The molecule has 2 aromatic rings. The molecule has 0 unspecified atom stereocenters. The minimum absolute atomic E-state index is 0.547. The lowest BCUT2D eigenvalue weighted by molar-refractivity contribution is 0.354. The molecule has 0 radical (unpaired) electrons. The first kappa shape index (κ1) is 12.6. The smallest absolute Gasteiger partial charge is 0.215 e. The summed E-state index contributed by atoms with van der Waals surface area (Å²) in [6, 6.07) is 5.79. The third-order valence-electron chi connectivity index (χ3n) is 2.63. The first-order chi connectivity index (χ1) is 8.63. The Hall–Kier alpha value is -1.82. The highest BCUT2D eigenvalue weighted by atomic mass is 32.1. The van der Waals surface area contributed by atoms with E-state index in [1.54, 1.807) is 18.9 Å². The molecule has 0 fully saturated rings. The van der Waals surface area contributed by atoms with Gasteiger partial charge < -0.3 is 9.47 Å². The van der Waals surface area contributed by atoms with Crippen LogP contribution in [0, 0.1) is 4.77 Å². The summed E-state index contributed by atoms with van der Waals surface area (Å²) in [7, 11) is 5.08. The molecular weight excluding hydrogens is 250 g/mol. The van der Waals surface area contributed by atoms with Gasteiger partial charge in [-0.2, -0.15) is 0 Å². The Balaban J connectivity index is 2.26. The van der Waals surface area contributed by atoms with Crippen LogP contribution in [-0.2, 0) is 13.5 Å². The SMILES string of the molecule is COc1ccc(Cc2nc(=S)n(C)[nH]2)cc1OC. The van der Waals surface area contributed by atoms with E-state index in [-0.39, 0.29) is 0 Å². The molecule has 96 valence electrons. The molecule has 2 rings (SSSR count). The third kappa shape index (κ3) is 2.53. The second-order valence-corrected chi connectivity index (χ2v) is 4.24. The molecule has 5 nitrogen and oxygen atoms in total. The fraction of sp³-hybridized carbons (Fsp3) is 0.333. The summed E-state index contributed by atoms with van der Waals surface area (Å²) in [5.41, 5.74) is 1.08. The summed E-state index contributed by atoms with van der Waals surface area (Å²) in [4.78, 5) is 4.25. The Kier molecular flexibility index (Phi) is 3.66. The van der Waals surface area contributed by atoms with Gasteiger partial charge in [0, 0.05) is 13.5 Å². The maximum atomic E-state index is 5.26. The van der Waals surface area contributed by atoms with Crippen molar-refractivity contribution in [3.63, 3.8) is 0 Å². The largest absolute Gasteiger partial charge is 0.493 e. The minimum Gasteiger partial charge on any atom is -0.493 e. The van der Waals surface area contributed by atoms with E-state index < -0.39 is 0 Å². The van der Waals surface area contributed by atoms with Crippen LogP contribution in [0.2, 0.25) is 0 Å². The zero-order valence-electron chi connectivity index (χ0n) is 10.6. The van der Waals surface area contributed by atoms with Gasteiger partial charge in [0.1, 0.15) is 5.82 Å². The molecule has 18 heavy (non-hydrogen) atoms. The number of methoxy groups -OCH3 is 2. The predicted octanol–water partition coefficient (Wildman–Crippen LogP) is 2.09. The van der Waals surface area contributed by atoms with E-state index in [1.165, 1.54) is 0 Å². The highest BCUT2D eigenvalue weighted by molar-refractivity contribution is 7.71. The van der Waals surface area contributed by atoms with Gasteiger partial charge in [-0.1, -0.05) is 6.07 Å². The highest BCUT2D eigenvalue weighted by Crippen LogP contribution is 2.28. The van der Waals surface area contributed by atoms with Crippen LogP contribution in [0.3, 0.4) is 0 Å². The fourth-order valence-corrected chi connectivity index (χ4v) is 1.88. The summed E-state index contributed by atoms with van der Waals surface area (Å²) >= 11 is 5.05. The zero-order valence-corrected chi connectivity index (χ0v) is 11.4. The van der Waals surface area contributed by atoms with Gasteiger partial charge in [0.25, 0.3) is 0 Å². The molecular formula is C12H15N3O2S. The van der Waals surface area contributed by atoms with Crippen molar-refractivity contribution in [2.75, 3.05) is 14.2 Å². The second kappa shape index (κ2) is 5.22. The van der Waals surface area contributed by atoms with E-state index in [9.17, 15) is 0 Å². The van der Waals surface area contributed by atoms with Crippen molar-refractivity contribution in [2.45, 2.75) is 6.42 Å². The summed E-state index contributed by atoms with van der Waals surface area (Å²) in [6.45, 7) is 0. The van der Waals surface area contributed by atoms with E-state index in [0.29, 0.717) is 16.9 Å². The Morgan fingerprint density at radius 3 is 2.56 bits per heavy atom. The van der Waals surface area contributed by atoms with Crippen molar-refractivity contribution in [2.24, 2.45) is 7.05 Å². The number of hydrogen-bond acceptors (Lipinski definition) is 4. The molecule has 0 spiro atoms. The topological polar surface area (TPSA) is 52.1 Å². The molecule has 0 bridgehead atoms. The molecule has 1 aromatic carbocycles. The van der Waals surface area contributed by atoms with Crippen LogP contribution in [0.5, 0.6) is 11.5 Å². The summed E-state index contributed by atoms with van der Waals surface area (Å²) in [5, 5.41) is 3.09. The van der Waals surface area contributed by atoms with Gasteiger partial charge in [-0.3, -0.25) is 9.78 Å². The van der Waals surface area contributed by atoms with Gasteiger partial charge in [-0.15, -0.1) is 0 Å². The number of benzene rings is 1. The van der Waals surface area contributed by atoms with Crippen molar-refractivity contribution in [1.82, 2.24) is 14.8 Å². The Bertz CT molecular complexity index is 604. The average Bonchev–Trinajstić information content (AvgIpc) is 2.68. The summed E-state index contributed by atoms with van der Waals surface area (Å²) in [6.07, 6.45) is 0.671. The molecule has 0 aliphatic heterocycles. The molecule has 0 saturated heterocycles. The minimum atomic E-state index is 0.547. The lowest BCUT2D eigenvalue weighted by Crippen LogP contribution is -1.96. The van der Waals surface area contributed by atoms with Crippen LogP contribution >= 0.6 is 12.2 Å². The second-order valence-electron chi connectivity index (χ2n) is 3.88. The molecule has 1 N–H and O–H groups in total. The number of aromatic nitrogens is 3. The monoisotopic (exact) mass is 265 g/mol. The van der Waals surface area contributed by atoms with Crippen LogP contribution in [0.1, 0.15) is 11.4 Å². The zero-order chi connectivity index (χ0) is 13.1. The van der Waals surface area contributed by atoms with Crippen molar-refractivity contribution >= 4 is 12.2 Å². The first-order valence-electron chi connectivity index (χ1n) is 5.47. The number of aromatic amines is 1. The van der Waals surface area contributed by atoms with Gasteiger partial charge >= 0.3 is 0 Å². The quantitative estimate of drug-likeness (QED) is 0.860. The van der Waals surface area contributed by atoms with Crippen molar-refractivity contribution in [1.29, 1.82) is 0 Å². The van der Waals surface area contributed by atoms with Gasteiger partial charge in [0.2, 0.25) is 4.77 Å². The summed E-state index contributed by atoms with van der Waals surface area (Å²) < 4.78 is 12.7. The van der Waals surface area contributed by atoms with Gasteiger partial charge in [-0.25, -0.2) is 4.98 Å². The highest BCUT2D eigenvalue weighted by Gasteiger charge is 2.07. The molecule has 0 amide bonds. The van der Waals surface area contributed by atoms with E-state index in [2.05, 4.69) is 10.1 Å². The van der Waals surface area contributed by atoms with E-state index >= 15 is 0 Å². The number of aryl methyl sites for hydroxylation is 1. The van der Waals surface area contributed by atoms with Gasteiger partial charge in [0.15, 0.2) is 11.5 Å². The van der Waals surface area contributed by atoms with Crippen LogP contribution in [0.25, 0.3) is 0 Å². The average molecular weight is 265 g/mol. The van der Waals surface area contributed by atoms with Crippen LogP contribution in [0.4, 0.5) is 0 Å². The number of nitrogens with one attached hydrogen (secondary N) is 1. The van der Waals surface area contributed by atoms with Crippen LogP contribution < -0.4 is 9.47 Å². The molecule has 0 saturated carbocycles. The van der Waals surface area contributed by atoms with E-state index in [0.717, 1.165) is 17.1 Å². The normalized spacial score (nSPS) is 10.4. The van der Waals surface area contributed by atoms with E-state index in [4.69, 9.17) is 21.7 Å². The maximum Gasteiger partial charge on any atom is 0.215 e. The van der Waals surface area contributed by atoms with Crippen molar-refractivity contribution < 1.29 is 9.47 Å². The molecule has 1 aromatic heterocycles. The number of rotatable bonds is 4. The van der Waals surface area contributed by atoms with Gasteiger partial charge in [0.05, 0.1) is 14.2 Å². The first-order valence-corrected chi connectivity index (χ1v) is 5.87. The number of hydrogen-bond donors (Lipinski definition) is 1. The number of H-pyrrole nitrogens is 1. The Morgan fingerprint density at radius 2 is 2.00 bits per heavy atom. The van der Waals surface area contributed by atoms with Crippen LogP contribution in [0.15, 0.2) is 18.2 Å². The number of ether oxygens (including phenoxy) is 2. The van der Waals surface area contributed by atoms with Crippen molar-refractivity contribution in [3.05, 3.63) is 34.4 Å². The predicted molar refractivity (Wildman–Crippen MR) is 70.7 cm³/mol. The van der Waals surface area contributed by atoms with Crippen LogP contribution in [-0.4, -0.2) is 29.0 Å². The van der Waals surface area contributed by atoms with E-state index in [1.807, 2.05) is 25.2 Å². The van der Waals surface area contributed by atoms with Gasteiger partial charge in [-0.05, 0) is 29.9 Å². The molecule has 0 aliphatic carbocycles. The Morgan fingerprint density at radius 1 is 1.28 bits per heavy atom. The fourth-order valence-electron chi connectivity index (χ4n) is 1.72. The molecule has 1 heterocycles. The van der Waals surface area contributed by atoms with Crippen molar-refractivity contribution in [3.8, 4) is 11.5 Å². The molecule has 0 aliphatic rings. The molecule has 0 atom stereocenters. The number of nitrogens with zero attached hydrogens (tertiary/aromatic N) is 2. The standard InChI is InChI=1S/C12H15N3O2S/c1-15-12(18)13-11(14-15)7-8-4-5-9(16-2)10(6-8)17-3/h4-6H,7H2,1-3H3,(H,13,14,18). The lowest BCUT2D eigenvalue weighted by Gasteiger charge is -2.08. The third-order valence-corrected chi connectivity index (χ3v) is 3.00.